The van der Waals surface area contributed by atoms with E-state index in [1.807, 2.05) is 0 Å². The quantitative estimate of drug-likeness (QED) is 0.814. The van der Waals surface area contributed by atoms with Gasteiger partial charge in [0.25, 0.3) is 0 Å². The highest BCUT2D eigenvalue weighted by atomic mass is 16.4. The molecule has 0 bridgehead atoms. The first-order valence-corrected chi connectivity index (χ1v) is 6.44. The third kappa shape index (κ3) is 3.84. The van der Waals surface area contributed by atoms with E-state index in [2.05, 4.69) is 43.4 Å². The number of nitrogens with one attached hydrogen (secondary N) is 1. The van der Waals surface area contributed by atoms with Gasteiger partial charge in [-0.15, -0.1) is 0 Å². The normalized spacial score (nSPS) is 13.3. The lowest BCUT2D eigenvalue weighted by atomic mass is 9.97. The molecule has 0 aliphatic rings. The molecule has 0 saturated carbocycles. The summed E-state index contributed by atoms with van der Waals surface area (Å²) in [4.78, 5) is 11.0. The van der Waals surface area contributed by atoms with Crippen molar-refractivity contribution in [1.29, 1.82) is 0 Å². The standard InChI is InChI=1S/C15H23NO2/c1-5-11(2)13-8-6-12(7-9-13)10-16-15(3,4)14(17)18/h6-9,11,16H,5,10H2,1-4H3,(H,17,18). The maximum absolute atomic E-state index is 11.0. The Bertz CT molecular complexity index is 395. The summed E-state index contributed by atoms with van der Waals surface area (Å²) < 4.78 is 0. The van der Waals surface area contributed by atoms with Gasteiger partial charge in [0.1, 0.15) is 5.54 Å². The maximum atomic E-state index is 11.0. The van der Waals surface area contributed by atoms with Crippen LogP contribution in [0.4, 0.5) is 0 Å². The van der Waals surface area contributed by atoms with Crippen LogP contribution in [0.1, 0.15) is 51.2 Å². The predicted octanol–water partition coefficient (Wildman–Crippen LogP) is 3.15. The Morgan fingerprint density at radius 1 is 1.33 bits per heavy atom. The van der Waals surface area contributed by atoms with Gasteiger partial charge in [0.15, 0.2) is 0 Å². The summed E-state index contributed by atoms with van der Waals surface area (Å²) in [5.41, 5.74) is 1.55. The van der Waals surface area contributed by atoms with Crippen LogP contribution in [-0.2, 0) is 11.3 Å². The topological polar surface area (TPSA) is 49.3 Å². The van der Waals surface area contributed by atoms with Crippen molar-refractivity contribution >= 4 is 5.97 Å². The van der Waals surface area contributed by atoms with E-state index in [0.29, 0.717) is 12.5 Å². The molecular weight excluding hydrogens is 226 g/mol. The van der Waals surface area contributed by atoms with E-state index in [0.717, 1.165) is 12.0 Å². The fourth-order valence-electron chi connectivity index (χ4n) is 1.60. The molecule has 100 valence electrons. The van der Waals surface area contributed by atoms with Gasteiger partial charge in [-0.05, 0) is 37.3 Å². The summed E-state index contributed by atoms with van der Waals surface area (Å²) in [5.74, 6) is -0.263. The van der Waals surface area contributed by atoms with Crippen molar-refractivity contribution in [3.05, 3.63) is 35.4 Å². The van der Waals surface area contributed by atoms with Crippen LogP contribution in [0.15, 0.2) is 24.3 Å². The second-order valence-electron chi connectivity index (χ2n) is 5.33. The Hall–Kier alpha value is -1.35. The molecule has 3 heteroatoms. The van der Waals surface area contributed by atoms with Gasteiger partial charge in [0.05, 0.1) is 0 Å². The van der Waals surface area contributed by atoms with Crippen molar-refractivity contribution < 1.29 is 9.90 Å². The van der Waals surface area contributed by atoms with Gasteiger partial charge in [-0.25, -0.2) is 0 Å². The van der Waals surface area contributed by atoms with Crippen LogP contribution < -0.4 is 5.32 Å². The summed E-state index contributed by atoms with van der Waals surface area (Å²) in [6, 6.07) is 8.37. The number of benzene rings is 1. The number of carbonyl (C=O) groups is 1. The molecule has 0 saturated heterocycles. The number of carboxylic acid groups (broad SMARTS) is 1. The molecular formula is C15H23NO2. The van der Waals surface area contributed by atoms with Crippen LogP contribution in [0, 0.1) is 0 Å². The second-order valence-corrected chi connectivity index (χ2v) is 5.33. The Labute approximate surface area is 109 Å². The second kappa shape index (κ2) is 6.01. The Morgan fingerprint density at radius 2 is 1.89 bits per heavy atom. The molecule has 0 aromatic heterocycles. The van der Waals surface area contributed by atoms with Crippen LogP contribution >= 0.6 is 0 Å². The molecule has 0 radical (unpaired) electrons. The van der Waals surface area contributed by atoms with Gasteiger partial charge in [-0.3, -0.25) is 10.1 Å². The van der Waals surface area contributed by atoms with Crippen LogP contribution in [-0.4, -0.2) is 16.6 Å². The highest BCUT2D eigenvalue weighted by Gasteiger charge is 2.25. The molecule has 1 atom stereocenters. The molecule has 0 aliphatic heterocycles. The van der Waals surface area contributed by atoms with Crippen molar-refractivity contribution in [1.82, 2.24) is 5.32 Å². The third-order valence-electron chi connectivity index (χ3n) is 3.43. The zero-order chi connectivity index (χ0) is 13.8. The smallest absolute Gasteiger partial charge is 0.323 e. The van der Waals surface area contributed by atoms with Crippen LogP contribution in [0.2, 0.25) is 0 Å². The summed E-state index contributed by atoms with van der Waals surface area (Å²) in [7, 11) is 0. The van der Waals surface area contributed by atoms with E-state index in [9.17, 15) is 4.79 Å². The summed E-state index contributed by atoms with van der Waals surface area (Å²) in [5, 5.41) is 12.0. The van der Waals surface area contributed by atoms with Crippen LogP contribution in [0.3, 0.4) is 0 Å². The molecule has 0 spiro atoms. The Balaban J connectivity index is 2.62. The van der Waals surface area contributed by atoms with E-state index < -0.39 is 11.5 Å². The van der Waals surface area contributed by atoms with Crippen molar-refractivity contribution in [3.63, 3.8) is 0 Å². The van der Waals surface area contributed by atoms with Crippen molar-refractivity contribution in [2.24, 2.45) is 0 Å². The minimum atomic E-state index is -0.893. The lowest BCUT2D eigenvalue weighted by Gasteiger charge is -2.21. The third-order valence-corrected chi connectivity index (χ3v) is 3.43. The van der Waals surface area contributed by atoms with E-state index in [1.165, 1.54) is 5.56 Å². The van der Waals surface area contributed by atoms with Crippen molar-refractivity contribution in [3.8, 4) is 0 Å². The van der Waals surface area contributed by atoms with Crippen LogP contribution in [0.5, 0.6) is 0 Å². The first-order valence-electron chi connectivity index (χ1n) is 6.44. The van der Waals surface area contributed by atoms with E-state index in [-0.39, 0.29) is 0 Å². The molecule has 1 aromatic rings. The summed E-state index contributed by atoms with van der Waals surface area (Å²) in [6.07, 6.45) is 1.13. The van der Waals surface area contributed by atoms with E-state index in [1.54, 1.807) is 13.8 Å². The molecule has 2 N–H and O–H groups in total. The lowest BCUT2D eigenvalue weighted by molar-refractivity contribution is -0.143. The molecule has 0 aliphatic carbocycles. The molecule has 0 heterocycles. The average molecular weight is 249 g/mol. The van der Waals surface area contributed by atoms with E-state index >= 15 is 0 Å². The molecule has 1 unspecified atom stereocenters. The van der Waals surface area contributed by atoms with Gasteiger partial charge in [-0.1, -0.05) is 38.1 Å². The largest absolute Gasteiger partial charge is 0.480 e. The fourth-order valence-corrected chi connectivity index (χ4v) is 1.60. The van der Waals surface area contributed by atoms with Gasteiger partial charge in [0.2, 0.25) is 0 Å². The summed E-state index contributed by atoms with van der Waals surface area (Å²) in [6.45, 7) is 8.29. The number of aliphatic carboxylic acids is 1. The number of rotatable bonds is 6. The fraction of sp³-hybridized carbons (Fsp3) is 0.533. The highest BCUT2D eigenvalue weighted by Crippen LogP contribution is 2.19. The molecule has 0 amide bonds. The minimum absolute atomic E-state index is 0.570. The van der Waals surface area contributed by atoms with Gasteiger partial charge < -0.3 is 5.11 Å². The van der Waals surface area contributed by atoms with E-state index in [4.69, 9.17) is 5.11 Å². The lowest BCUT2D eigenvalue weighted by Crippen LogP contribution is -2.46. The Morgan fingerprint density at radius 3 is 2.33 bits per heavy atom. The number of carboxylic acids is 1. The zero-order valence-corrected chi connectivity index (χ0v) is 11.7. The first-order chi connectivity index (χ1) is 8.36. The minimum Gasteiger partial charge on any atom is -0.480 e. The zero-order valence-electron chi connectivity index (χ0n) is 11.7. The SMILES string of the molecule is CCC(C)c1ccc(CNC(C)(C)C(=O)O)cc1. The molecule has 1 rings (SSSR count). The van der Waals surface area contributed by atoms with Gasteiger partial charge in [-0.2, -0.15) is 0 Å². The molecule has 3 nitrogen and oxygen atoms in total. The number of hydrogen-bond donors (Lipinski definition) is 2. The highest BCUT2D eigenvalue weighted by molar-refractivity contribution is 5.77. The molecule has 1 aromatic carbocycles. The van der Waals surface area contributed by atoms with Gasteiger partial charge >= 0.3 is 5.97 Å². The monoisotopic (exact) mass is 249 g/mol. The maximum Gasteiger partial charge on any atom is 0.323 e. The first kappa shape index (κ1) is 14.7. The Kier molecular flexibility index (Phi) is 4.91. The number of hydrogen-bond acceptors (Lipinski definition) is 2. The summed E-state index contributed by atoms with van der Waals surface area (Å²) >= 11 is 0. The molecule has 0 fully saturated rings. The average Bonchev–Trinajstić information content (AvgIpc) is 2.36. The van der Waals surface area contributed by atoms with Crippen molar-refractivity contribution in [2.75, 3.05) is 0 Å². The van der Waals surface area contributed by atoms with Crippen LogP contribution in [0.25, 0.3) is 0 Å². The molecule has 18 heavy (non-hydrogen) atoms. The van der Waals surface area contributed by atoms with Gasteiger partial charge in [0, 0.05) is 6.54 Å². The van der Waals surface area contributed by atoms with Crippen molar-refractivity contribution in [2.45, 2.75) is 52.1 Å². The predicted molar refractivity (Wildman–Crippen MR) is 73.7 cm³/mol.